The number of nitrogens with zero attached hydrogens (tertiary/aromatic N) is 1. The molecule has 4 rings (SSSR count). The molecule has 11 heteroatoms. The second kappa shape index (κ2) is 9.74. The van der Waals surface area contributed by atoms with Crippen LogP contribution >= 0.6 is 11.6 Å². The second-order valence-corrected chi connectivity index (χ2v) is 7.95. The van der Waals surface area contributed by atoms with Crippen LogP contribution in [0, 0.1) is 0 Å². The van der Waals surface area contributed by atoms with E-state index >= 15 is 0 Å². The molecule has 0 saturated heterocycles. The van der Waals surface area contributed by atoms with Gasteiger partial charge >= 0.3 is 6.18 Å². The molecule has 0 aromatic heterocycles. The van der Waals surface area contributed by atoms with Gasteiger partial charge in [-0.15, -0.1) is 0 Å². The number of halogens is 4. The molecule has 0 fully saturated rings. The number of methoxy groups -OCH3 is 1. The van der Waals surface area contributed by atoms with E-state index in [1.807, 2.05) is 0 Å². The number of nitrogens with one attached hydrogen (secondary N) is 2. The van der Waals surface area contributed by atoms with Crippen LogP contribution in [0.2, 0.25) is 0 Å². The van der Waals surface area contributed by atoms with Crippen LogP contribution < -0.4 is 20.3 Å². The third kappa shape index (κ3) is 5.03. The van der Waals surface area contributed by atoms with Gasteiger partial charge in [-0.25, -0.2) is 4.90 Å². The number of benzene rings is 3. The van der Waals surface area contributed by atoms with Crippen molar-refractivity contribution in [3.63, 3.8) is 0 Å². The summed E-state index contributed by atoms with van der Waals surface area (Å²) < 4.78 is 43.9. The predicted molar refractivity (Wildman–Crippen MR) is 128 cm³/mol. The zero-order valence-corrected chi connectivity index (χ0v) is 19.3. The van der Waals surface area contributed by atoms with E-state index in [1.54, 1.807) is 12.1 Å². The van der Waals surface area contributed by atoms with E-state index in [0.717, 1.165) is 17.0 Å². The molecule has 0 saturated carbocycles. The van der Waals surface area contributed by atoms with Crippen LogP contribution in [0.4, 0.5) is 30.2 Å². The summed E-state index contributed by atoms with van der Waals surface area (Å²) in [4.78, 5) is 39.1. The van der Waals surface area contributed by atoms with Crippen molar-refractivity contribution in [1.82, 2.24) is 0 Å². The lowest BCUT2D eigenvalue weighted by molar-refractivity contribution is -0.137. The number of anilines is 3. The lowest BCUT2D eigenvalue weighted by Crippen LogP contribution is -2.32. The van der Waals surface area contributed by atoms with Gasteiger partial charge in [-0.3, -0.25) is 14.4 Å². The van der Waals surface area contributed by atoms with Crippen LogP contribution in [0.3, 0.4) is 0 Å². The minimum absolute atomic E-state index is 0.0364. The van der Waals surface area contributed by atoms with Gasteiger partial charge in [0.15, 0.2) is 0 Å². The molecular formula is C25H17ClF3N3O4. The standard InChI is InChI=1S/C25H17ClF3N3O4/c1-36-19-10-8-18(9-11-19)32-23(34)20(26)21(24(32)35)30-16-6-2-4-14(12-16)22(33)31-17-7-3-5-15(13-17)25(27,28)29/h2-13,30H,1H3,(H,31,33). The molecule has 1 aliphatic rings. The first kappa shape index (κ1) is 24.8. The van der Waals surface area contributed by atoms with Gasteiger partial charge in [0.1, 0.15) is 16.5 Å². The number of ether oxygens (including phenoxy) is 1. The van der Waals surface area contributed by atoms with E-state index in [1.165, 1.54) is 55.6 Å². The molecule has 1 aliphatic heterocycles. The van der Waals surface area contributed by atoms with Gasteiger partial charge < -0.3 is 15.4 Å². The number of hydrogen-bond acceptors (Lipinski definition) is 5. The summed E-state index contributed by atoms with van der Waals surface area (Å²) >= 11 is 6.15. The first-order valence-electron chi connectivity index (χ1n) is 10.4. The minimum Gasteiger partial charge on any atom is -0.497 e. The van der Waals surface area contributed by atoms with E-state index in [2.05, 4.69) is 10.6 Å². The van der Waals surface area contributed by atoms with Gasteiger partial charge in [0.25, 0.3) is 17.7 Å². The highest BCUT2D eigenvalue weighted by molar-refractivity contribution is 6.53. The maximum Gasteiger partial charge on any atom is 0.416 e. The lowest BCUT2D eigenvalue weighted by Gasteiger charge is -2.15. The first-order chi connectivity index (χ1) is 17.1. The Bertz CT molecular complexity index is 1390. The Labute approximate surface area is 208 Å². The molecule has 7 nitrogen and oxygen atoms in total. The topological polar surface area (TPSA) is 87.7 Å². The molecule has 36 heavy (non-hydrogen) atoms. The molecule has 0 aliphatic carbocycles. The summed E-state index contributed by atoms with van der Waals surface area (Å²) in [7, 11) is 1.48. The van der Waals surface area contributed by atoms with E-state index in [-0.39, 0.29) is 33.4 Å². The molecular weight excluding hydrogens is 499 g/mol. The predicted octanol–water partition coefficient (Wildman–Crippen LogP) is 5.40. The van der Waals surface area contributed by atoms with Crippen LogP contribution in [0.5, 0.6) is 5.75 Å². The fourth-order valence-corrected chi connectivity index (χ4v) is 3.65. The summed E-state index contributed by atoms with van der Waals surface area (Å²) in [5, 5.41) is 4.83. The van der Waals surface area contributed by atoms with Gasteiger partial charge in [0.2, 0.25) is 0 Å². The Hall–Kier alpha value is -4.31. The van der Waals surface area contributed by atoms with Crippen molar-refractivity contribution in [1.29, 1.82) is 0 Å². The van der Waals surface area contributed by atoms with Crippen molar-refractivity contribution in [2.45, 2.75) is 6.18 Å². The van der Waals surface area contributed by atoms with Crippen LogP contribution in [0.25, 0.3) is 0 Å². The molecule has 0 bridgehead atoms. The monoisotopic (exact) mass is 515 g/mol. The number of carbonyl (C=O) groups is 3. The van der Waals surface area contributed by atoms with Gasteiger partial charge in [0, 0.05) is 16.9 Å². The Morgan fingerprint density at radius 1 is 0.917 bits per heavy atom. The zero-order valence-electron chi connectivity index (χ0n) is 18.5. The van der Waals surface area contributed by atoms with Crippen molar-refractivity contribution in [3.05, 3.63) is 94.7 Å². The lowest BCUT2D eigenvalue weighted by atomic mass is 10.1. The maximum atomic E-state index is 13.0. The Morgan fingerprint density at radius 3 is 2.25 bits per heavy atom. The summed E-state index contributed by atoms with van der Waals surface area (Å²) in [6.45, 7) is 0. The quantitative estimate of drug-likeness (QED) is 0.429. The fraction of sp³-hybridized carbons (Fsp3) is 0.0800. The van der Waals surface area contributed by atoms with Crippen LogP contribution in [0.1, 0.15) is 15.9 Å². The van der Waals surface area contributed by atoms with E-state index in [0.29, 0.717) is 5.75 Å². The number of hydrogen-bond donors (Lipinski definition) is 2. The van der Waals surface area contributed by atoms with Crippen molar-refractivity contribution in [2.24, 2.45) is 0 Å². The zero-order chi connectivity index (χ0) is 26.0. The summed E-state index contributed by atoms with van der Waals surface area (Å²) in [5.74, 6) is -1.57. The molecule has 1 heterocycles. The van der Waals surface area contributed by atoms with Gasteiger partial charge in [-0.05, 0) is 60.7 Å². The summed E-state index contributed by atoms with van der Waals surface area (Å²) in [5.41, 5.74) is -0.479. The van der Waals surface area contributed by atoms with Crippen LogP contribution in [-0.2, 0) is 15.8 Å². The Balaban J connectivity index is 1.52. The Kier molecular flexibility index (Phi) is 6.71. The average Bonchev–Trinajstić information content (AvgIpc) is 3.07. The molecule has 0 radical (unpaired) electrons. The van der Waals surface area contributed by atoms with Crippen LogP contribution in [0.15, 0.2) is 83.5 Å². The first-order valence-corrected chi connectivity index (χ1v) is 10.7. The fourth-order valence-electron chi connectivity index (χ4n) is 3.44. The van der Waals surface area contributed by atoms with Crippen LogP contribution in [-0.4, -0.2) is 24.8 Å². The highest BCUT2D eigenvalue weighted by Crippen LogP contribution is 2.32. The highest BCUT2D eigenvalue weighted by atomic mass is 35.5. The minimum atomic E-state index is -4.55. The molecule has 0 unspecified atom stereocenters. The summed E-state index contributed by atoms with van der Waals surface area (Å²) in [6, 6.07) is 16.3. The van der Waals surface area contributed by atoms with Gasteiger partial charge in [-0.1, -0.05) is 23.7 Å². The largest absolute Gasteiger partial charge is 0.497 e. The normalized spacial score (nSPS) is 13.8. The van der Waals surface area contributed by atoms with Crippen molar-refractivity contribution in [3.8, 4) is 5.75 Å². The summed E-state index contributed by atoms with van der Waals surface area (Å²) in [6.07, 6.45) is -4.55. The van der Waals surface area contributed by atoms with Crippen molar-refractivity contribution < 1.29 is 32.3 Å². The number of rotatable bonds is 6. The van der Waals surface area contributed by atoms with Crippen molar-refractivity contribution >= 4 is 46.4 Å². The molecule has 0 atom stereocenters. The second-order valence-electron chi connectivity index (χ2n) is 7.57. The maximum absolute atomic E-state index is 13.0. The number of imide groups is 1. The third-order valence-electron chi connectivity index (χ3n) is 5.20. The molecule has 184 valence electrons. The molecule has 3 aromatic carbocycles. The SMILES string of the molecule is COc1ccc(N2C(=O)C(Cl)=C(Nc3cccc(C(=O)Nc4cccc(C(F)(F)F)c4)c3)C2=O)cc1. The molecule has 0 spiro atoms. The molecule has 2 N–H and O–H groups in total. The smallest absolute Gasteiger partial charge is 0.416 e. The number of carbonyl (C=O) groups excluding carboxylic acids is 3. The van der Waals surface area contributed by atoms with E-state index in [9.17, 15) is 27.6 Å². The van der Waals surface area contributed by atoms with E-state index < -0.39 is 29.5 Å². The average molecular weight is 516 g/mol. The number of alkyl halides is 3. The Morgan fingerprint density at radius 2 is 1.58 bits per heavy atom. The third-order valence-corrected chi connectivity index (χ3v) is 5.55. The van der Waals surface area contributed by atoms with Gasteiger partial charge in [-0.2, -0.15) is 13.2 Å². The van der Waals surface area contributed by atoms with E-state index in [4.69, 9.17) is 16.3 Å². The van der Waals surface area contributed by atoms with Gasteiger partial charge in [0.05, 0.1) is 18.4 Å². The number of amides is 3. The highest BCUT2D eigenvalue weighted by Gasteiger charge is 2.39. The molecule has 3 amide bonds. The molecule has 3 aromatic rings. The van der Waals surface area contributed by atoms with Crippen molar-refractivity contribution in [2.75, 3.05) is 22.6 Å².